The molecule has 0 bridgehead atoms. The number of H-pyrrole nitrogens is 1. The number of hydrogen-bond donors (Lipinski definition) is 3. The summed E-state index contributed by atoms with van der Waals surface area (Å²) in [6, 6.07) is 10.6. The van der Waals surface area contributed by atoms with Crippen molar-refractivity contribution in [1.29, 1.82) is 0 Å². The SMILES string of the molecule is CC(C)(C)N1CCN(c2ccc(Nc3nc4cc(Nc5cccc(C(F)(F)F)c5)ncc4[nH]3)nc2)CC1. The first-order valence-corrected chi connectivity index (χ1v) is 12.1. The third-order valence-corrected chi connectivity index (χ3v) is 6.42. The van der Waals surface area contributed by atoms with Gasteiger partial charge in [-0.05, 0) is 51.1 Å². The maximum Gasteiger partial charge on any atom is 0.416 e. The lowest BCUT2D eigenvalue weighted by Crippen LogP contribution is -2.53. The quantitative estimate of drug-likeness (QED) is 0.314. The first-order valence-electron chi connectivity index (χ1n) is 12.1. The molecule has 0 spiro atoms. The number of imidazole rings is 1. The number of nitrogens with one attached hydrogen (secondary N) is 3. The van der Waals surface area contributed by atoms with E-state index in [1.165, 1.54) is 6.07 Å². The maximum absolute atomic E-state index is 13.0. The van der Waals surface area contributed by atoms with Crippen LogP contribution in [0.15, 0.2) is 54.9 Å². The van der Waals surface area contributed by atoms with Gasteiger partial charge >= 0.3 is 6.18 Å². The smallest absolute Gasteiger partial charge is 0.368 e. The molecule has 5 rings (SSSR count). The Hall–Kier alpha value is -3.86. The van der Waals surface area contributed by atoms with Crippen LogP contribution in [0.1, 0.15) is 26.3 Å². The molecule has 0 radical (unpaired) electrons. The second-order valence-corrected chi connectivity index (χ2v) is 10.0. The highest BCUT2D eigenvalue weighted by Gasteiger charge is 2.30. The number of rotatable bonds is 5. The van der Waals surface area contributed by atoms with E-state index in [9.17, 15) is 13.2 Å². The van der Waals surface area contributed by atoms with Crippen molar-refractivity contribution in [3.63, 3.8) is 0 Å². The van der Waals surface area contributed by atoms with Crippen molar-refractivity contribution in [3.8, 4) is 0 Å². The molecule has 0 amide bonds. The minimum atomic E-state index is -4.41. The molecule has 11 heteroatoms. The first kappa shape index (κ1) is 24.8. The lowest BCUT2D eigenvalue weighted by Gasteiger charge is -2.42. The Morgan fingerprint density at radius 1 is 0.865 bits per heavy atom. The maximum atomic E-state index is 13.0. The van der Waals surface area contributed by atoms with E-state index in [1.54, 1.807) is 18.3 Å². The number of anilines is 5. The molecular formula is C26H29F3N8. The summed E-state index contributed by atoms with van der Waals surface area (Å²) in [6.45, 7) is 10.7. The van der Waals surface area contributed by atoms with Crippen LogP contribution in [-0.2, 0) is 6.18 Å². The van der Waals surface area contributed by atoms with E-state index in [2.05, 4.69) is 61.1 Å². The number of aromatic nitrogens is 4. The van der Waals surface area contributed by atoms with E-state index in [-0.39, 0.29) is 5.54 Å². The van der Waals surface area contributed by atoms with Gasteiger partial charge in [0.05, 0.1) is 34.7 Å². The molecule has 0 saturated carbocycles. The summed E-state index contributed by atoms with van der Waals surface area (Å²) in [6.07, 6.45) is -0.973. The third kappa shape index (κ3) is 5.77. The van der Waals surface area contributed by atoms with Gasteiger partial charge in [-0.15, -0.1) is 0 Å². The van der Waals surface area contributed by atoms with E-state index in [0.717, 1.165) is 44.0 Å². The molecule has 3 N–H and O–H groups in total. The van der Waals surface area contributed by atoms with Crippen molar-refractivity contribution in [1.82, 2.24) is 24.8 Å². The van der Waals surface area contributed by atoms with Crippen LogP contribution >= 0.6 is 0 Å². The van der Waals surface area contributed by atoms with Gasteiger partial charge in [-0.1, -0.05) is 6.07 Å². The summed E-state index contributed by atoms with van der Waals surface area (Å²) in [4.78, 5) is 21.3. The Bertz CT molecular complexity index is 1370. The van der Waals surface area contributed by atoms with E-state index >= 15 is 0 Å². The van der Waals surface area contributed by atoms with Crippen molar-refractivity contribution in [3.05, 3.63) is 60.4 Å². The molecule has 1 aromatic carbocycles. The number of benzene rings is 1. The van der Waals surface area contributed by atoms with Crippen LogP contribution in [0.3, 0.4) is 0 Å². The summed E-state index contributed by atoms with van der Waals surface area (Å²) in [5.41, 5.74) is 2.12. The number of hydrogen-bond acceptors (Lipinski definition) is 7. The van der Waals surface area contributed by atoms with E-state index in [0.29, 0.717) is 34.3 Å². The minimum Gasteiger partial charge on any atom is -0.368 e. The van der Waals surface area contributed by atoms with Crippen molar-refractivity contribution in [2.45, 2.75) is 32.5 Å². The minimum absolute atomic E-state index is 0.176. The fourth-order valence-electron chi connectivity index (χ4n) is 4.36. The van der Waals surface area contributed by atoms with E-state index < -0.39 is 11.7 Å². The number of nitrogens with zero attached hydrogens (tertiary/aromatic N) is 5. The van der Waals surface area contributed by atoms with Crippen LogP contribution in [0.25, 0.3) is 11.0 Å². The van der Waals surface area contributed by atoms with Gasteiger partial charge in [0.2, 0.25) is 5.95 Å². The average Bonchev–Trinajstić information content (AvgIpc) is 3.25. The largest absolute Gasteiger partial charge is 0.416 e. The number of halogens is 3. The lowest BCUT2D eigenvalue weighted by molar-refractivity contribution is -0.137. The van der Waals surface area contributed by atoms with Gasteiger partial charge < -0.3 is 20.5 Å². The Morgan fingerprint density at radius 2 is 1.62 bits per heavy atom. The Labute approximate surface area is 212 Å². The van der Waals surface area contributed by atoms with Gasteiger partial charge in [-0.2, -0.15) is 13.2 Å². The second-order valence-electron chi connectivity index (χ2n) is 10.0. The topological polar surface area (TPSA) is 85.0 Å². The zero-order valence-corrected chi connectivity index (χ0v) is 20.9. The summed E-state index contributed by atoms with van der Waals surface area (Å²) in [7, 11) is 0. The number of piperazine rings is 1. The van der Waals surface area contributed by atoms with Crippen molar-refractivity contribution >= 4 is 40.0 Å². The number of fused-ring (bicyclic) bond motifs is 1. The summed E-state index contributed by atoms with van der Waals surface area (Å²) in [5.74, 6) is 1.53. The Balaban J connectivity index is 1.24. The highest BCUT2D eigenvalue weighted by Crippen LogP contribution is 2.31. The van der Waals surface area contributed by atoms with Crippen LogP contribution in [0.5, 0.6) is 0 Å². The van der Waals surface area contributed by atoms with E-state index in [4.69, 9.17) is 0 Å². The van der Waals surface area contributed by atoms with Gasteiger partial charge in [0.25, 0.3) is 0 Å². The molecule has 37 heavy (non-hydrogen) atoms. The normalized spacial score (nSPS) is 15.2. The zero-order valence-electron chi connectivity index (χ0n) is 20.9. The number of alkyl halides is 3. The predicted molar refractivity (Wildman–Crippen MR) is 140 cm³/mol. The summed E-state index contributed by atoms with van der Waals surface area (Å²) in [5, 5.41) is 6.08. The van der Waals surface area contributed by atoms with Crippen LogP contribution < -0.4 is 15.5 Å². The fraction of sp³-hybridized carbons (Fsp3) is 0.346. The van der Waals surface area contributed by atoms with Gasteiger partial charge in [0.15, 0.2) is 0 Å². The summed E-state index contributed by atoms with van der Waals surface area (Å²) < 4.78 is 39.0. The third-order valence-electron chi connectivity index (χ3n) is 6.42. The van der Waals surface area contributed by atoms with Gasteiger partial charge in [-0.3, -0.25) is 4.90 Å². The molecule has 4 heterocycles. The van der Waals surface area contributed by atoms with Crippen molar-refractivity contribution in [2.75, 3.05) is 41.7 Å². The molecule has 194 valence electrons. The molecule has 0 atom stereocenters. The molecule has 1 aliphatic rings. The van der Waals surface area contributed by atoms with Crippen LogP contribution in [0.2, 0.25) is 0 Å². The molecule has 3 aromatic heterocycles. The van der Waals surface area contributed by atoms with Crippen LogP contribution in [0.4, 0.5) is 42.1 Å². The van der Waals surface area contributed by atoms with E-state index in [1.807, 2.05) is 18.3 Å². The first-order chi connectivity index (χ1) is 17.5. The number of aromatic amines is 1. The monoisotopic (exact) mass is 510 g/mol. The lowest BCUT2D eigenvalue weighted by atomic mass is 10.0. The molecule has 1 saturated heterocycles. The summed E-state index contributed by atoms with van der Waals surface area (Å²) >= 11 is 0. The molecular weight excluding hydrogens is 481 g/mol. The van der Waals surface area contributed by atoms with Crippen LogP contribution in [0, 0.1) is 0 Å². The van der Waals surface area contributed by atoms with Gasteiger partial charge in [0.1, 0.15) is 11.6 Å². The number of pyridine rings is 2. The fourth-order valence-corrected chi connectivity index (χ4v) is 4.36. The molecule has 0 aliphatic carbocycles. The highest BCUT2D eigenvalue weighted by molar-refractivity contribution is 5.80. The van der Waals surface area contributed by atoms with Crippen molar-refractivity contribution < 1.29 is 13.2 Å². The predicted octanol–water partition coefficient (Wildman–Crippen LogP) is 5.78. The van der Waals surface area contributed by atoms with Crippen molar-refractivity contribution in [2.24, 2.45) is 0 Å². The Morgan fingerprint density at radius 3 is 2.30 bits per heavy atom. The zero-order chi connectivity index (χ0) is 26.2. The molecule has 4 aromatic rings. The molecule has 8 nitrogen and oxygen atoms in total. The molecule has 1 aliphatic heterocycles. The Kier molecular flexibility index (Phi) is 6.40. The standard InChI is InChI=1S/C26H29F3N8/c1-25(2,3)37-11-9-36(10-12-37)19-7-8-22(30-15-19)35-24-33-20-14-23(31-16-21(20)34-24)32-18-6-4-5-17(13-18)26(27,28)29/h4-8,13-16H,9-12H2,1-3H3,(H,31,32)(H2,30,33,34,35). The van der Waals surface area contributed by atoms with Crippen LogP contribution in [-0.4, -0.2) is 56.6 Å². The van der Waals surface area contributed by atoms with Gasteiger partial charge in [-0.25, -0.2) is 15.0 Å². The molecule has 1 fully saturated rings. The average molecular weight is 511 g/mol. The second kappa shape index (κ2) is 9.55. The highest BCUT2D eigenvalue weighted by atomic mass is 19.4. The molecule has 0 unspecified atom stereocenters. The van der Waals surface area contributed by atoms with Gasteiger partial charge in [0, 0.05) is 43.5 Å².